The van der Waals surface area contributed by atoms with Gasteiger partial charge in [0, 0.05) is 36.8 Å². The lowest BCUT2D eigenvalue weighted by molar-refractivity contribution is -0.151. The van der Waals surface area contributed by atoms with Gasteiger partial charge in [0.05, 0.1) is 16.6 Å². The molecule has 1 aromatic carbocycles. The van der Waals surface area contributed by atoms with Crippen LogP contribution < -0.4 is 10.8 Å². The minimum absolute atomic E-state index is 0.189. The molecule has 0 saturated heterocycles. The fourth-order valence-electron chi connectivity index (χ4n) is 3.91. The zero-order valence-corrected chi connectivity index (χ0v) is 23.8. The molecule has 0 radical (unpaired) electrons. The number of aliphatic carboxylic acids is 1. The van der Waals surface area contributed by atoms with Crippen LogP contribution in [0.4, 0.5) is 4.39 Å². The Labute approximate surface area is 229 Å². The highest BCUT2D eigenvalue weighted by Gasteiger charge is 2.33. The Morgan fingerprint density at radius 2 is 1.74 bits per heavy atom. The average molecular weight is 542 g/mol. The molecule has 1 heterocycles. The number of nitrogens with one attached hydrogen (secondary N) is 2. The Balaban J connectivity index is 2.34. The smallest absolute Gasteiger partial charge is 0.309 e. The summed E-state index contributed by atoms with van der Waals surface area (Å²) in [5.74, 6) is -1.75. The highest BCUT2D eigenvalue weighted by Crippen LogP contribution is 2.24. The quantitative estimate of drug-likeness (QED) is 0.347. The third kappa shape index (κ3) is 8.87. The van der Waals surface area contributed by atoms with E-state index in [1.807, 2.05) is 26.8 Å². The van der Waals surface area contributed by atoms with Crippen molar-refractivity contribution in [2.24, 2.45) is 5.41 Å². The predicted molar refractivity (Wildman–Crippen MR) is 148 cm³/mol. The Morgan fingerprint density at radius 3 is 2.28 bits per heavy atom. The largest absolute Gasteiger partial charge is 0.481 e. The van der Waals surface area contributed by atoms with Crippen molar-refractivity contribution in [2.45, 2.75) is 72.3 Å². The minimum atomic E-state index is -1.24. The van der Waals surface area contributed by atoms with Crippen molar-refractivity contribution >= 4 is 24.5 Å². The van der Waals surface area contributed by atoms with Gasteiger partial charge in [-0.05, 0) is 69.9 Å². The van der Waals surface area contributed by atoms with Crippen molar-refractivity contribution in [3.05, 3.63) is 53.3 Å². The van der Waals surface area contributed by atoms with E-state index in [-0.39, 0.29) is 42.1 Å². The maximum atomic E-state index is 13.5. The lowest BCUT2D eigenvalue weighted by atomic mass is 9.87. The van der Waals surface area contributed by atoms with Gasteiger partial charge in [-0.1, -0.05) is 26.8 Å². The molecule has 39 heavy (non-hydrogen) atoms. The fraction of sp³-hybridized carbons (Fsp3) is 0.483. The second kappa shape index (κ2) is 12.4. The van der Waals surface area contributed by atoms with Crippen LogP contribution in [0, 0.1) is 16.6 Å². The number of rotatable bonds is 12. The first-order chi connectivity index (χ1) is 18.0. The topological polar surface area (TPSA) is 128 Å². The molecular weight excluding hydrogens is 501 g/mol. The molecule has 0 spiro atoms. The molecule has 2 rings (SSSR count). The van der Waals surface area contributed by atoms with Crippen molar-refractivity contribution in [2.75, 3.05) is 13.1 Å². The first kappa shape index (κ1) is 31.4. The Morgan fingerprint density at radius 1 is 1.13 bits per heavy atom. The second-order valence-electron chi connectivity index (χ2n) is 12.0. The van der Waals surface area contributed by atoms with Gasteiger partial charge in [-0.25, -0.2) is 9.07 Å². The molecule has 2 aromatic rings. The number of benzene rings is 1. The Bertz CT molecular complexity index is 1270. The number of carboxylic acids is 1. The molecule has 212 valence electrons. The minimum Gasteiger partial charge on any atom is -0.481 e. The Kier molecular flexibility index (Phi) is 9.95. The summed E-state index contributed by atoms with van der Waals surface area (Å²) < 4.78 is 14.9. The summed E-state index contributed by atoms with van der Waals surface area (Å²) >= 11 is 0. The van der Waals surface area contributed by atoms with Gasteiger partial charge in [0.25, 0.3) is 0 Å². The van der Waals surface area contributed by atoms with E-state index >= 15 is 0 Å². The van der Waals surface area contributed by atoms with Crippen LogP contribution in [0.2, 0.25) is 0 Å². The number of carboxylic acid groups (broad SMARTS) is 1. The van der Waals surface area contributed by atoms with Crippen molar-refractivity contribution < 1.29 is 23.9 Å². The van der Waals surface area contributed by atoms with Crippen LogP contribution in [0.15, 0.2) is 36.4 Å². The molecule has 10 heteroatoms. The number of halogens is 1. The van der Waals surface area contributed by atoms with Gasteiger partial charge < -0.3 is 15.3 Å². The third-order valence-electron chi connectivity index (χ3n) is 6.30. The maximum absolute atomic E-state index is 13.5. The molecule has 0 aliphatic heterocycles. The lowest BCUT2D eigenvalue weighted by Gasteiger charge is -2.33. The molecule has 0 unspecified atom stereocenters. The highest BCUT2D eigenvalue weighted by molar-refractivity contribution is 5.84. The first-order valence-electron chi connectivity index (χ1n) is 12.8. The lowest BCUT2D eigenvalue weighted by Crippen LogP contribution is -2.51. The normalized spacial score (nSPS) is 12.4. The van der Waals surface area contributed by atoms with E-state index in [9.17, 15) is 23.9 Å². The Hall–Kier alpha value is -3.82. The van der Waals surface area contributed by atoms with Crippen molar-refractivity contribution in [3.63, 3.8) is 0 Å². The molecule has 0 fully saturated rings. The summed E-state index contributed by atoms with van der Waals surface area (Å²) in [5, 5.41) is 25.4. The summed E-state index contributed by atoms with van der Waals surface area (Å²) in [4.78, 5) is 37.2. The van der Waals surface area contributed by atoms with Crippen LogP contribution in [0.25, 0.3) is 17.5 Å². The van der Waals surface area contributed by atoms with E-state index in [4.69, 9.17) is 5.41 Å². The van der Waals surface area contributed by atoms with Crippen LogP contribution >= 0.6 is 0 Å². The van der Waals surface area contributed by atoms with Crippen molar-refractivity contribution in [3.8, 4) is 11.3 Å². The molecular formula is C29H40FN5O4. The SMILES string of the molecule is CC(C)(CN(CC/C=C/n1nc(-c2ccc(F)cc2)cc(C(C)(C)C)c1=N)C(=O)CC(C)(C)C(=O)O)NC=O. The van der Waals surface area contributed by atoms with Gasteiger partial charge >= 0.3 is 5.97 Å². The summed E-state index contributed by atoms with van der Waals surface area (Å²) in [5.41, 5.74) is -0.0293. The summed E-state index contributed by atoms with van der Waals surface area (Å²) in [6.45, 7) is 13.0. The van der Waals surface area contributed by atoms with E-state index in [1.165, 1.54) is 30.7 Å². The molecule has 0 aliphatic rings. The molecule has 0 atom stereocenters. The van der Waals surface area contributed by atoms with Crippen LogP contribution in [-0.2, 0) is 19.8 Å². The van der Waals surface area contributed by atoms with Crippen molar-refractivity contribution in [1.82, 2.24) is 20.0 Å². The molecule has 0 saturated carbocycles. The molecule has 0 bridgehead atoms. The average Bonchev–Trinajstić information content (AvgIpc) is 2.81. The standard InChI is InChI=1S/C29H40FN5O4/c1-27(2,3)22-16-23(20-10-12-21(30)13-11-20)33-35(25(22)31)15-9-8-14-34(18-29(6,7)32-19-36)24(37)17-28(4,5)26(38)39/h9-13,15-16,19,31H,8,14,17-18H2,1-7H3,(H,32,36)(H,38,39)/b15-9+,31-25?. The van der Waals surface area contributed by atoms with Gasteiger partial charge in [-0.3, -0.25) is 19.8 Å². The number of carbonyl (C=O) groups excluding carboxylic acids is 2. The first-order valence-corrected chi connectivity index (χ1v) is 12.8. The second-order valence-corrected chi connectivity index (χ2v) is 12.0. The van der Waals surface area contributed by atoms with Crippen LogP contribution in [0.1, 0.15) is 66.9 Å². The summed E-state index contributed by atoms with van der Waals surface area (Å²) in [7, 11) is 0. The zero-order valence-electron chi connectivity index (χ0n) is 23.8. The molecule has 9 nitrogen and oxygen atoms in total. The number of hydrogen-bond acceptors (Lipinski definition) is 5. The molecule has 3 N–H and O–H groups in total. The van der Waals surface area contributed by atoms with Crippen LogP contribution in [-0.4, -0.2) is 56.7 Å². The maximum Gasteiger partial charge on any atom is 0.309 e. The van der Waals surface area contributed by atoms with Crippen molar-refractivity contribution in [1.29, 1.82) is 5.41 Å². The molecule has 2 amide bonds. The van der Waals surface area contributed by atoms with Gasteiger partial charge in [0.2, 0.25) is 12.3 Å². The molecule has 0 aliphatic carbocycles. The van der Waals surface area contributed by atoms with Gasteiger partial charge in [0.15, 0.2) is 0 Å². The molecule has 1 aromatic heterocycles. The van der Waals surface area contributed by atoms with Gasteiger partial charge in [0.1, 0.15) is 11.3 Å². The number of carbonyl (C=O) groups is 3. The van der Waals surface area contributed by atoms with E-state index in [2.05, 4.69) is 10.4 Å². The fourth-order valence-corrected chi connectivity index (χ4v) is 3.91. The van der Waals surface area contributed by atoms with Gasteiger partial charge in [-0.2, -0.15) is 5.10 Å². The zero-order chi connectivity index (χ0) is 29.6. The summed E-state index contributed by atoms with van der Waals surface area (Å²) in [6, 6.07) is 7.84. The van der Waals surface area contributed by atoms with E-state index in [0.29, 0.717) is 24.1 Å². The number of amides is 2. The number of nitrogens with zero attached hydrogens (tertiary/aromatic N) is 3. The van der Waals surface area contributed by atoms with E-state index in [1.54, 1.807) is 43.2 Å². The summed E-state index contributed by atoms with van der Waals surface area (Å²) in [6.07, 6.45) is 4.22. The van der Waals surface area contributed by atoms with E-state index < -0.39 is 16.9 Å². The third-order valence-corrected chi connectivity index (χ3v) is 6.30. The van der Waals surface area contributed by atoms with E-state index in [0.717, 1.165) is 5.56 Å². The number of aromatic nitrogens is 2. The van der Waals surface area contributed by atoms with Crippen LogP contribution in [0.3, 0.4) is 0 Å². The highest BCUT2D eigenvalue weighted by atomic mass is 19.1. The predicted octanol–water partition coefficient (Wildman–Crippen LogP) is 4.18. The van der Waals surface area contributed by atoms with Crippen LogP contribution in [0.5, 0.6) is 0 Å². The monoisotopic (exact) mass is 541 g/mol. The number of hydrogen-bond donors (Lipinski definition) is 3. The van der Waals surface area contributed by atoms with Gasteiger partial charge in [-0.15, -0.1) is 0 Å².